The Bertz CT molecular complexity index is 378. The zero-order valence-electron chi connectivity index (χ0n) is 6.60. The molecule has 0 aliphatic carbocycles. The molecule has 14 heavy (non-hydrogen) atoms. The summed E-state index contributed by atoms with van der Waals surface area (Å²) in [5.41, 5.74) is 2.86. The summed E-state index contributed by atoms with van der Waals surface area (Å²) in [7, 11) is 0. The molecule has 0 aromatic carbocycles. The predicted octanol–water partition coefficient (Wildman–Crippen LogP) is 1.96. The van der Waals surface area contributed by atoms with Gasteiger partial charge in [0.1, 0.15) is 0 Å². The second-order valence-electron chi connectivity index (χ2n) is 2.41. The number of primary amides is 1. The van der Waals surface area contributed by atoms with Gasteiger partial charge in [-0.15, -0.1) is 0 Å². The highest BCUT2D eigenvalue weighted by atomic mass is 79.9. The van der Waals surface area contributed by atoms with Crippen molar-refractivity contribution >= 4 is 21.8 Å². The van der Waals surface area contributed by atoms with Crippen LogP contribution in [0.4, 0.5) is 13.2 Å². The van der Waals surface area contributed by atoms with Gasteiger partial charge in [-0.3, -0.25) is 4.79 Å². The zero-order valence-corrected chi connectivity index (χ0v) is 8.19. The second-order valence-corrected chi connectivity index (χ2v) is 3.33. The van der Waals surface area contributed by atoms with E-state index in [1.54, 1.807) is 0 Å². The Morgan fingerprint density at radius 1 is 1.50 bits per heavy atom. The number of alkyl halides is 3. The average Bonchev–Trinajstić information content (AvgIpc) is 2.01. The number of amides is 1. The molecule has 1 heterocycles. The first kappa shape index (κ1) is 11.0. The van der Waals surface area contributed by atoms with E-state index in [0.717, 1.165) is 12.3 Å². The van der Waals surface area contributed by atoms with Crippen molar-refractivity contribution in [1.29, 1.82) is 0 Å². The normalized spacial score (nSPS) is 11.4. The number of carbonyl (C=O) groups is 1. The number of hydrogen-bond donors (Lipinski definition) is 1. The van der Waals surface area contributed by atoms with Crippen LogP contribution in [0, 0.1) is 0 Å². The molecule has 0 saturated heterocycles. The molecule has 0 saturated carbocycles. The Balaban J connectivity index is 3.37. The van der Waals surface area contributed by atoms with Crippen LogP contribution in [0.1, 0.15) is 16.1 Å². The molecule has 1 aromatic rings. The lowest BCUT2D eigenvalue weighted by Crippen LogP contribution is -2.20. The maximum Gasteiger partial charge on any atom is 0.434 e. The zero-order chi connectivity index (χ0) is 10.9. The highest BCUT2D eigenvalue weighted by Crippen LogP contribution is 2.31. The molecule has 0 aliphatic heterocycles. The van der Waals surface area contributed by atoms with Gasteiger partial charge in [-0.2, -0.15) is 13.2 Å². The summed E-state index contributed by atoms with van der Waals surface area (Å²) in [5, 5.41) is 0. The third kappa shape index (κ3) is 2.22. The lowest BCUT2D eigenvalue weighted by molar-refractivity contribution is -0.141. The smallest absolute Gasteiger partial charge is 0.366 e. The summed E-state index contributed by atoms with van der Waals surface area (Å²) in [4.78, 5) is 13.8. The van der Waals surface area contributed by atoms with Gasteiger partial charge in [0.25, 0.3) is 5.91 Å². The molecule has 0 fully saturated rings. The predicted molar refractivity (Wildman–Crippen MR) is 45.5 cm³/mol. The highest BCUT2D eigenvalue weighted by molar-refractivity contribution is 9.10. The van der Waals surface area contributed by atoms with Gasteiger partial charge in [0.15, 0.2) is 5.69 Å². The molecular weight excluding hydrogens is 265 g/mol. The van der Waals surface area contributed by atoms with Gasteiger partial charge in [-0.25, -0.2) is 4.98 Å². The molecule has 0 bridgehead atoms. The van der Waals surface area contributed by atoms with E-state index < -0.39 is 23.3 Å². The molecule has 1 aromatic heterocycles. The molecule has 0 radical (unpaired) electrons. The molecule has 76 valence electrons. The van der Waals surface area contributed by atoms with Crippen LogP contribution in [0.15, 0.2) is 16.7 Å². The molecule has 0 spiro atoms. The standard InChI is InChI=1S/C7H4BrF3N2O/c8-3-1-4(6(12)14)5(13-2-3)7(9,10)11/h1-2H,(H2,12,14). The van der Waals surface area contributed by atoms with Crippen LogP contribution in [0.3, 0.4) is 0 Å². The van der Waals surface area contributed by atoms with Crippen LogP contribution in [-0.4, -0.2) is 10.9 Å². The highest BCUT2D eigenvalue weighted by Gasteiger charge is 2.36. The molecule has 3 nitrogen and oxygen atoms in total. The van der Waals surface area contributed by atoms with E-state index in [9.17, 15) is 18.0 Å². The SMILES string of the molecule is NC(=O)c1cc(Br)cnc1C(F)(F)F. The first-order chi connectivity index (χ1) is 6.32. The molecule has 0 aliphatic rings. The summed E-state index contributed by atoms with van der Waals surface area (Å²) in [6.45, 7) is 0. The van der Waals surface area contributed by atoms with Crippen molar-refractivity contribution in [2.75, 3.05) is 0 Å². The van der Waals surface area contributed by atoms with E-state index in [2.05, 4.69) is 20.9 Å². The lowest BCUT2D eigenvalue weighted by atomic mass is 10.2. The van der Waals surface area contributed by atoms with E-state index in [1.807, 2.05) is 0 Å². The number of halogens is 4. The molecule has 0 unspecified atom stereocenters. The largest absolute Gasteiger partial charge is 0.434 e. The van der Waals surface area contributed by atoms with Gasteiger partial charge in [0, 0.05) is 10.7 Å². The summed E-state index contributed by atoms with van der Waals surface area (Å²) in [5.74, 6) is -1.16. The Hall–Kier alpha value is -1.11. The minimum atomic E-state index is -4.68. The Morgan fingerprint density at radius 2 is 2.07 bits per heavy atom. The number of hydrogen-bond acceptors (Lipinski definition) is 2. The topological polar surface area (TPSA) is 56.0 Å². The molecule has 2 N–H and O–H groups in total. The van der Waals surface area contributed by atoms with Gasteiger partial charge in [0.2, 0.25) is 0 Å². The quantitative estimate of drug-likeness (QED) is 0.847. The van der Waals surface area contributed by atoms with Crippen molar-refractivity contribution < 1.29 is 18.0 Å². The fourth-order valence-corrected chi connectivity index (χ4v) is 1.18. The van der Waals surface area contributed by atoms with Crippen molar-refractivity contribution in [3.8, 4) is 0 Å². The number of nitrogens with zero attached hydrogens (tertiary/aromatic N) is 1. The summed E-state index contributed by atoms with van der Waals surface area (Å²) in [6.07, 6.45) is -3.72. The molecule has 0 atom stereocenters. The van der Waals surface area contributed by atoms with Gasteiger partial charge >= 0.3 is 6.18 Å². The third-order valence-electron chi connectivity index (χ3n) is 1.39. The molecule has 7 heteroatoms. The number of pyridine rings is 1. The third-order valence-corrected chi connectivity index (χ3v) is 1.82. The van der Waals surface area contributed by atoms with E-state index in [4.69, 9.17) is 5.73 Å². The van der Waals surface area contributed by atoms with Gasteiger partial charge < -0.3 is 5.73 Å². The van der Waals surface area contributed by atoms with Crippen LogP contribution in [0.2, 0.25) is 0 Å². The monoisotopic (exact) mass is 268 g/mol. The van der Waals surface area contributed by atoms with Crippen molar-refractivity contribution in [3.63, 3.8) is 0 Å². The summed E-state index contributed by atoms with van der Waals surface area (Å²) >= 11 is 2.89. The van der Waals surface area contributed by atoms with Gasteiger partial charge in [-0.1, -0.05) is 0 Å². The van der Waals surface area contributed by atoms with Gasteiger partial charge in [0.05, 0.1) is 5.56 Å². The van der Waals surface area contributed by atoms with Crippen LogP contribution >= 0.6 is 15.9 Å². The number of nitrogens with two attached hydrogens (primary N) is 1. The summed E-state index contributed by atoms with van der Waals surface area (Å²) < 4.78 is 37.0. The van der Waals surface area contributed by atoms with Crippen molar-refractivity contribution in [3.05, 3.63) is 28.0 Å². The van der Waals surface area contributed by atoms with E-state index >= 15 is 0 Å². The molecule has 1 amide bonds. The van der Waals surface area contributed by atoms with Crippen molar-refractivity contribution in [2.24, 2.45) is 5.73 Å². The minimum Gasteiger partial charge on any atom is -0.366 e. The second kappa shape index (κ2) is 3.56. The summed E-state index contributed by atoms with van der Waals surface area (Å²) in [6, 6.07) is 0.984. The number of carbonyl (C=O) groups excluding carboxylic acids is 1. The molecule has 1 rings (SSSR count). The fraction of sp³-hybridized carbons (Fsp3) is 0.143. The van der Waals surface area contributed by atoms with E-state index in [1.165, 1.54) is 0 Å². The Kier molecular flexibility index (Phi) is 2.79. The first-order valence-corrected chi connectivity index (χ1v) is 4.14. The van der Waals surface area contributed by atoms with Crippen LogP contribution < -0.4 is 5.73 Å². The minimum absolute atomic E-state index is 0.263. The lowest BCUT2D eigenvalue weighted by Gasteiger charge is -2.09. The first-order valence-electron chi connectivity index (χ1n) is 3.35. The Labute approximate surface area is 85.2 Å². The van der Waals surface area contributed by atoms with E-state index in [0.29, 0.717) is 0 Å². The fourth-order valence-electron chi connectivity index (χ4n) is 0.853. The van der Waals surface area contributed by atoms with Crippen molar-refractivity contribution in [2.45, 2.75) is 6.18 Å². The Morgan fingerprint density at radius 3 is 2.50 bits per heavy atom. The molecular formula is C7H4BrF3N2O. The van der Waals surface area contributed by atoms with Gasteiger partial charge in [-0.05, 0) is 22.0 Å². The maximum atomic E-state index is 12.3. The maximum absolute atomic E-state index is 12.3. The van der Waals surface area contributed by atoms with Crippen LogP contribution in [0.5, 0.6) is 0 Å². The van der Waals surface area contributed by atoms with E-state index in [-0.39, 0.29) is 4.47 Å². The number of rotatable bonds is 1. The van der Waals surface area contributed by atoms with Crippen LogP contribution in [0.25, 0.3) is 0 Å². The van der Waals surface area contributed by atoms with Crippen molar-refractivity contribution in [1.82, 2.24) is 4.98 Å². The average molecular weight is 269 g/mol. The number of aromatic nitrogens is 1. The van der Waals surface area contributed by atoms with Crippen LogP contribution in [-0.2, 0) is 6.18 Å².